The molecule has 2 aromatic rings. The van der Waals surface area contributed by atoms with Gasteiger partial charge in [-0.2, -0.15) is 18.4 Å². The van der Waals surface area contributed by atoms with Crippen LogP contribution in [0.25, 0.3) is 0 Å². The first-order valence-corrected chi connectivity index (χ1v) is 10.8. The Morgan fingerprint density at radius 1 is 1.00 bits per heavy atom. The van der Waals surface area contributed by atoms with E-state index in [-0.39, 0.29) is 11.1 Å². The molecule has 0 bridgehead atoms. The molecule has 0 radical (unpaired) electrons. The minimum absolute atomic E-state index is 0.311. The lowest BCUT2D eigenvalue weighted by atomic mass is 9.94. The minimum atomic E-state index is -4.61. The van der Waals surface area contributed by atoms with Gasteiger partial charge in [0.2, 0.25) is 0 Å². The summed E-state index contributed by atoms with van der Waals surface area (Å²) in [5, 5.41) is 9.60. The maximum Gasteiger partial charge on any atom is 0.417 e. The first kappa shape index (κ1) is 23.1. The molecule has 0 aliphatic carbocycles. The van der Waals surface area contributed by atoms with Gasteiger partial charge in [-0.1, -0.05) is 30.5 Å². The monoisotopic (exact) mass is 445 g/mol. The minimum Gasteiger partial charge on any atom is -0.319 e. The molecular formula is C24H26F3N3S. The molecule has 0 aromatic heterocycles. The van der Waals surface area contributed by atoms with Crippen molar-refractivity contribution in [1.29, 1.82) is 5.26 Å². The van der Waals surface area contributed by atoms with Crippen molar-refractivity contribution in [2.24, 2.45) is 0 Å². The van der Waals surface area contributed by atoms with Crippen molar-refractivity contribution in [2.45, 2.75) is 58.2 Å². The number of halogens is 3. The van der Waals surface area contributed by atoms with Crippen LogP contribution in [0.3, 0.4) is 0 Å². The van der Waals surface area contributed by atoms with Gasteiger partial charge in [0.1, 0.15) is 0 Å². The van der Waals surface area contributed by atoms with Crippen molar-refractivity contribution >= 4 is 28.7 Å². The number of alkyl halides is 3. The summed E-state index contributed by atoms with van der Waals surface area (Å²) in [5.41, 5.74) is 0.756. The Kier molecular flexibility index (Phi) is 6.61. The number of nitrogens with zero attached hydrogens (tertiary/aromatic N) is 3. The molecule has 1 heterocycles. The third-order valence-electron chi connectivity index (χ3n) is 5.73. The fourth-order valence-electron chi connectivity index (χ4n) is 4.02. The molecule has 0 saturated carbocycles. The van der Waals surface area contributed by atoms with Crippen LogP contribution in [0.1, 0.15) is 56.2 Å². The molecular weight excluding hydrogens is 419 g/mol. The van der Waals surface area contributed by atoms with Gasteiger partial charge >= 0.3 is 6.18 Å². The summed E-state index contributed by atoms with van der Waals surface area (Å²) < 4.78 is 40.7. The summed E-state index contributed by atoms with van der Waals surface area (Å²) in [5.74, 6) is 0. The molecule has 3 nitrogen and oxygen atoms in total. The molecule has 7 heteroatoms. The number of hydrogen-bond acceptors (Lipinski definition) is 2. The standard InChI is InChI=1S/C24H26F3N3S/c1-17-7-10-19(11-8-17)30-22(31)29(14-6-4-5-13-23(30,2)3)20-12-9-18(16-28)21(15-20)24(25,26)27/h7-12,15H,4-6,13-14H2,1-3H3. The Labute approximate surface area is 187 Å². The SMILES string of the molecule is Cc1ccc(N2C(=S)N(c3ccc(C#N)c(C(F)(F)F)c3)CCCCCC2(C)C)cc1. The number of benzene rings is 2. The Hall–Kier alpha value is -2.59. The number of hydrogen-bond donors (Lipinski definition) is 0. The van der Waals surface area contributed by atoms with Gasteiger partial charge in [0.05, 0.1) is 17.2 Å². The zero-order chi connectivity index (χ0) is 22.8. The number of thiocarbonyl (C=S) groups is 1. The predicted molar refractivity (Wildman–Crippen MR) is 122 cm³/mol. The first-order valence-electron chi connectivity index (χ1n) is 10.3. The largest absolute Gasteiger partial charge is 0.417 e. The molecule has 31 heavy (non-hydrogen) atoms. The van der Waals surface area contributed by atoms with Crippen LogP contribution >= 0.6 is 12.2 Å². The molecule has 0 amide bonds. The van der Waals surface area contributed by atoms with Crippen LogP contribution in [0.15, 0.2) is 42.5 Å². The second-order valence-electron chi connectivity index (χ2n) is 8.57. The van der Waals surface area contributed by atoms with Gasteiger partial charge in [-0.15, -0.1) is 0 Å². The molecule has 1 aliphatic heterocycles. The molecule has 2 aromatic carbocycles. The molecule has 1 saturated heterocycles. The van der Waals surface area contributed by atoms with Crippen LogP contribution in [0.4, 0.5) is 24.5 Å². The average Bonchev–Trinajstić information content (AvgIpc) is 2.75. The summed E-state index contributed by atoms with van der Waals surface area (Å²) in [7, 11) is 0. The number of rotatable bonds is 2. The van der Waals surface area contributed by atoms with Crippen LogP contribution in [-0.2, 0) is 6.18 Å². The second-order valence-corrected chi connectivity index (χ2v) is 8.93. The van der Waals surface area contributed by atoms with E-state index < -0.39 is 11.7 Å². The Morgan fingerprint density at radius 3 is 2.26 bits per heavy atom. The molecule has 0 atom stereocenters. The van der Waals surface area contributed by atoms with E-state index in [1.165, 1.54) is 6.07 Å². The fraction of sp³-hybridized carbons (Fsp3) is 0.417. The summed E-state index contributed by atoms with van der Waals surface area (Å²) in [6.45, 7) is 6.75. The van der Waals surface area contributed by atoms with Crippen LogP contribution < -0.4 is 9.80 Å². The van der Waals surface area contributed by atoms with Crippen molar-refractivity contribution in [3.8, 4) is 6.07 Å². The Morgan fingerprint density at radius 2 is 1.65 bits per heavy atom. The van der Waals surface area contributed by atoms with Crippen molar-refractivity contribution < 1.29 is 13.2 Å². The summed E-state index contributed by atoms with van der Waals surface area (Å²) in [4.78, 5) is 3.83. The van der Waals surface area contributed by atoms with Crippen molar-refractivity contribution in [3.05, 3.63) is 59.2 Å². The van der Waals surface area contributed by atoms with Crippen molar-refractivity contribution in [2.75, 3.05) is 16.3 Å². The van der Waals surface area contributed by atoms with E-state index in [9.17, 15) is 13.2 Å². The second kappa shape index (κ2) is 8.88. The fourth-order valence-corrected chi connectivity index (χ4v) is 4.57. The van der Waals surface area contributed by atoms with Gasteiger partial charge in [0, 0.05) is 23.5 Å². The maximum absolute atomic E-state index is 13.6. The van der Waals surface area contributed by atoms with Gasteiger partial charge in [-0.3, -0.25) is 0 Å². The molecule has 0 spiro atoms. The summed E-state index contributed by atoms with van der Waals surface area (Å²) in [6.07, 6.45) is -0.909. The van der Waals surface area contributed by atoms with Gasteiger partial charge in [-0.25, -0.2) is 0 Å². The van der Waals surface area contributed by atoms with Gasteiger partial charge in [0.15, 0.2) is 5.11 Å². The lowest BCUT2D eigenvalue weighted by Crippen LogP contribution is -2.53. The topological polar surface area (TPSA) is 30.3 Å². The molecule has 1 fully saturated rings. The highest BCUT2D eigenvalue weighted by molar-refractivity contribution is 7.80. The van der Waals surface area contributed by atoms with E-state index >= 15 is 0 Å². The smallest absolute Gasteiger partial charge is 0.319 e. The van der Waals surface area contributed by atoms with Crippen molar-refractivity contribution in [3.63, 3.8) is 0 Å². The lowest BCUT2D eigenvalue weighted by molar-refractivity contribution is -0.137. The van der Waals surface area contributed by atoms with E-state index in [2.05, 4.69) is 18.7 Å². The highest BCUT2D eigenvalue weighted by Gasteiger charge is 2.36. The maximum atomic E-state index is 13.6. The van der Waals surface area contributed by atoms with Crippen LogP contribution in [0, 0.1) is 18.3 Å². The molecule has 0 N–H and O–H groups in total. The number of aryl methyl sites for hydroxylation is 1. The van der Waals surface area contributed by atoms with Crippen LogP contribution in [-0.4, -0.2) is 17.2 Å². The number of anilines is 2. The molecule has 1 aliphatic rings. The third-order valence-corrected chi connectivity index (χ3v) is 6.13. The zero-order valence-electron chi connectivity index (χ0n) is 18.0. The van der Waals surface area contributed by atoms with E-state index in [0.29, 0.717) is 17.3 Å². The Balaban J connectivity index is 2.12. The van der Waals surface area contributed by atoms with Crippen LogP contribution in [0.2, 0.25) is 0 Å². The van der Waals surface area contributed by atoms with Crippen molar-refractivity contribution in [1.82, 2.24) is 0 Å². The predicted octanol–water partition coefficient (Wildman–Crippen LogP) is 6.84. The zero-order valence-corrected chi connectivity index (χ0v) is 18.8. The number of nitriles is 1. The summed E-state index contributed by atoms with van der Waals surface area (Å²) in [6, 6.07) is 13.5. The molecule has 0 unspecified atom stereocenters. The third kappa shape index (κ3) is 5.01. The Bertz CT molecular complexity index is 991. The molecule has 164 valence electrons. The van der Waals surface area contributed by atoms with E-state index in [4.69, 9.17) is 17.5 Å². The lowest BCUT2D eigenvalue weighted by Gasteiger charge is -2.43. The highest BCUT2D eigenvalue weighted by atomic mass is 32.1. The highest BCUT2D eigenvalue weighted by Crippen LogP contribution is 2.37. The van der Waals surface area contributed by atoms with Crippen LogP contribution in [0.5, 0.6) is 0 Å². The average molecular weight is 446 g/mol. The quantitative estimate of drug-likeness (QED) is 0.474. The molecule has 3 rings (SSSR count). The van der Waals surface area contributed by atoms with E-state index in [1.54, 1.807) is 17.0 Å². The van der Waals surface area contributed by atoms with Gasteiger partial charge < -0.3 is 9.80 Å². The first-order chi connectivity index (χ1) is 14.5. The van der Waals surface area contributed by atoms with E-state index in [1.807, 2.05) is 31.2 Å². The summed E-state index contributed by atoms with van der Waals surface area (Å²) >= 11 is 5.90. The van der Waals surface area contributed by atoms with E-state index in [0.717, 1.165) is 43.0 Å². The van der Waals surface area contributed by atoms with Gasteiger partial charge in [0.25, 0.3) is 0 Å². The van der Waals surface area contributed by atoms with Gasteiger partial charge in [-0.05, 0) is 76.2 Å². The normalized spacial score (nSPS) is 17.5.